The quantitative estimate of drug-likeness (QED) is 0.702. The summed E-state index contributed by atoms with van der Waals surface area (Å²) in [6.07, 6.45) is 3.84. The summed E-state index contributed by atoms with van der Waals surface area (Å²) in [7, 11) is 1.65. The van der Waals surface area contributed by atoms with Gasteiger partial charge in [-0.15, -0.1) is 0 Å². The minimum atomic E-state index is -0.957. The smallest absolute Gasteiger partial charge is 0.415 e. The van der Waals surface area contributed by atoms with Crippen molar-refractivity contribution in [3.8, 4) is 11.5 Å². The predicted molar refractivity (Wildman–Crippen MR) is 125 cm³/mol. The van der Waals surface area contributed by atoms with E-state index in [0.717, 1.165) is 30.4 Å². The predicted octanol–water partition coefficient (Wildman–Crippen LogP) is 3.96. The summed E-state index contributed by atoms with van der Waals surface area (Å²) in [5.41, 5.74) is -0.114. The van der Waals surface area contributed by atoms with Crippen LogP contribution in [0.4, 0.5) is 4.79 Å². The maximum Gasteiger partial charge on any atom is 0.415 e. The van der Waals surface area contributed by atoms with Gasteiger partial charge in [-0.2, -0.15) is 0 Å². The number of aliphatic hydroxyl groups is 1. The number of nitrogens with zero attached hydrogens (tertiary/aromatic N) is 1. The molecule has 1 aromatic carbocycles. The molecule has 1 heterocycles. The molecule has 2 bridgehead atoms. The summed E-state index contributed by atoms with van der Waals surface area (Å²) < 4.78 is 12.0. The average Bonchev–Trinajstić information content (AvgIpc) is 3.12. The first kappa shape index (κ1) is 23.3. The fraction of sp³-hybridized carbons (Fsp3) is 0.667. The highest BCUT2D eigenvalue weighted by Gasteiger charge is 2.71. The number of carbonyl (C=O) groups excluding carboxylic acids is 3. The van der Waals surface area contributed by atoms with E-state index in [-0.39, 0.29) is 17.5 Å². The molecular weight excluding hydrogens is 434 g/mol. The summed E-state index contributed by atoms with van der Waals surface area (Å²) in [5, 5.41) is 11.9. The SMILES string of the molecule is CN(CCCC(=O)C(C)(C)C)C(=O)Oc1ccc2c3c1O[C@H]1C(=O)CC[C@@]4(O)[C@H](CCC[C@]314)C2. The number of hydrogen-bond acceptors (Lipinski definition) is 6. The standard InChI is InChI=1S/C27H35NO6/c1-25(2,3)20(30)8-6-14-28(4)24(31)33-19-10-9-16-15-17-7-5-12-26-21(16)22(19)34-23(26)18(29)11-13-27(17,26)32/h9-10,17,23,32H,5-8,11-15H2,1-4H3/t17-,23+,26+,27-/m1/s1. The Balaban J connectivity index is 1.39. The molecule has 1 N–H and O–H groups in total. The summed E-state index contributed by atoms with van der Waals surface area (Å²) >= 11 is 0. The van der Waals surface area contributed by atoms with Crippen molar-refractivity contribution < 1.29 is 29.0 Å². The summed E-state index contributed by atoms with van der Waals surface area (Å²) in [6.45, 7) is 6.08. The number of rotatable bonds is 5. The second kappa shape index (κ2) is 7.80. The van der Waals surface area contributed by atoms with Crippen LogP contribution < -0.4 is 9.47 Å². The van der Waals surface area contributed by atoms with E-state index in [4.69, 9.17) is 9.47 Å². The van der Waals surface area contributed by atoms with Gasteiger partial charge in [0.05, 0.1) is 11.0 Å². The summed E-state index contributed by atoms with van der Waals surface area (Å²) in [6, 6.07) is 3.72. The van der Waals surface area contributed by atoms with Crippen molar-refractivity contribution in [3.63, 3.8) is 0 Å². The number of hydrogen-bond donors (Lipinski definition) is 1. The lowest BCUT2D eigenvalue weighted by atomic mass is 9.46. The molecule has 34 heavy (non-hydrogen) atoms. The molecule has 7 nitrogen and oxygen atoms in total. The Morgan fingerprint density at radius 1 is 1.26 bits per heavy atom. The highest BCUT2D eigenvalue weighted by molar-refractivity contribution is 5.90. The van der Waals surface area contributed by atoms with Crippen LogP contribution in [0, 0.1) is 11.3 Å². The van der Waals surface area contributed by atoms with Crippen LogP contribution >= 0.6 is 0 Å². The van der Waals surface area contributed by atoms with E-state index in [1.165, 1.54) is 4.90 Å². The first-order valence-electron chi connectivity index (χ1n) is 12.5. The van der Waals surface area contributed by atoms with Crippen molar-refractivity contribution in [1.29, 1.82) is 0 Å². The minimum absolute atomic E-state index is 0.0206. The van der Waals surface area contributed by atoms with E-state index in [2.05, 4.69) is 0 Å². The molecule has 0 unspecified atom stereocenters. The Bertz CT molecular complexity index is 1060. The van der Waals surface area contributed by atoms with Gasteiger partial charge in [-0.1, -0.05) is 33.3 Å². The summed E-state index contributed by atoms with van der Waals surface area (Å²) in [5.74, 6) is 1.04. The maximum atomic E-state index is 13.0. The van der Waals surface area contributed by atoms with Gasteiger partial charge < -0.3 is 19.5 Å². The third kappa shape index (κ3) is 3.23. The molecule has 7 heteroatoms. The number of ketones is 2. The van der Waals surface area contributed by atoms with E-state index in [0.29, 0.717) is 50.1 Å². The second-order valence-electron chi connectivity index (χ2n) is 11.6. The van der Waals surface area contributed by atoms with Crippen LogP contribution in [0.25, 0.3) is 0 Å². The van der Waals surface area contributed by atoms with E-state index in [9.17, 15) is 19.5 Å². The number of amides is 1. The molecule has 5 rings (SSSR count). The lowest BCUT2D eigenvalue weighted by Gasteiger charge is -2.59. The van der Waals surface area contributed by atoms with E-state index >= 15 is 0 Å². The van der Waals surface area contributed by atoms with Gasteiger partial charge >= 0.3 is 6.09 Å². The number of ether oxygens (including phenoxy) is 2. The largest absolute Gasteiger partial charge is 0.477 e. The molecule has 1 amide bonds. The lowest BCUT2D eigenvalue weighted by Crippen LogP contribution is -2.69. The molecular formula is C27H35NO6. The van der Waals surface area contributed by atoms with Gasteiger partial charge in [-0.3, -0.25) is 9.59 Å². The zero-order chi connectivity index (χ0) is 24.5. The third-order valence-electron chi connectivity index (χ3n) is 8.66. The number of carbonyl (C=O) groups is 3. The Hall–Kier alpha value is -2.41. The molecule has 2 saturated carbocycles. The number of benzene rings is 1. The van der Waals surface area contributed by atoms with Gasteiger partial charge in [0.2, 0.25) is 0 Å². The Kier molecular flexibility index (Phi) is 5.36. The van der Waals surface area contributed by atoms with Gasteiger partial charge in [0.25, 0.3) is 0 Å². The van der Waals surface area contributed by atoms with Crippen LogP contribution in [-0.2, 0) is 21.4 Å². The molecule has 2 fully saturated rings. The van der Waals surface area contributed by atoms with Crippen molar-refractivity contribution in [2.24, 2.45) is 11.3 Å². The molecule has 0 aromatic heterocycles. The summed E-state index contributed by atoms with van der Waals surface area (Å²) in [4.78, 5) is 39.4. The zero-order valence-corrected chi connectivity index (χ0v) is 20.6. The first-order chi connectivity index (χ1) is 16.0. The normalized spacial score (nSPS) is 30.9. The zero-order valence-electron chi connectivity index (χ0n) is 20.6. The molecule has 4 aliphatic rings. The third-order valence-corrected chi connectivity index (χ3v) is 8.66. The first-order valence-corrected chi connectivity index (χ1v) is 12.5. The fourth-order valence-electron chi connectivity index (χ4n) is 6.82. The highest BCUT2D eigenvalue weighted by atomic mass is 16.6. The van der Waals surface area contributed by atoms with Crippen LogP contribution in [0.1, 0.15) is 76.8 Å². The molecule has 0 saturated heterocycles. The van der Waals surface area contributed by atoms with E-state index in [1.807, 2.05) is 26.8 Å². The van der Waals surface area contributed by atoms with E-state index < -0.39 is 28.6 Å². The van der Waals surface area contributed by atoms with Crippen molar-refractivity contribution in [3.05, 3.63) is 23.3 Å². The van der Waals surface area contributed by atoms with Gasteiger partial charge in [0.15, 0.2) is 23.4 Å². The molecule has 4 atom stereocenters. The van der Waals surface area contributed by atoms with Crippen molar-refractivity contribution in [1.82, 2.24) is 4.90 Å². The average molecular weight is 470 g/mol. The van der Waals surface area contributed by atoms with Crippen LogP contribution in [-0.4, -0.2) is 53.0 Å². The Labute approximate surface area is 200 Å². The van der Waals surface area contributed by atoms with Gasteiger partial charge in [-0.25, -0.2) is 4.79 Å². The Morgan fingerprint density at radius 3 is 2.76 bits per heavy atom. The van der Waals surface area contributed by atoms with Gasteiger partial charge in [0.1, 0.15) is 5.78 Å². The van der Waals surface area contributed by atoms with Crippen LogP contribution in [0.15, 0.2) is 12.1 Å². The van der Waals surface area contributed by atoms with Gasteiger partial charge in [-0.05, 0) is 49.7 Å². The van der Waals surface area contributed by atoms with E-state index in [1.54, 1.807) is 13.1 Å². The molecule has 1 aliphatic heterocycles. The molecule has 184 valence electrons. The van der Waals surface area contributed by atoms with Gasteiger partial charge in [0, 0.05) is 37.4 Å². The minimum Gasteiger partial charge on any atom is -0.477 e. The molecule has 1 aromatic rings. The van der Waals surface area contributed by atoms with Crippen molar-refractivity contribution >= 4 is 17.7 Å². The monoisotopic (exact) mass is 469 g/mol. The van der Waals surface area contributed by atoms with Crippen molar-refractivity contribution in [2.45, 2.75) is 89.3 Å². The lowest BCUT2D eigenvalue weighted by molar-refractivity contribution is -0.177. The number of Topliss-reactive ketones (excluding diaryl/α,β-unsaturated/α-hetero) is 2. The molecule has 3 aliphatic carbocycles. The maximum absolute atomic E-state index is 13.0. The molecule has 0 radical (unpaired) electrons. The van der Waals surface area contributed by atoms with Crippen molar-refractivity contribution in [2.75, 3.05) is 13.6 Å². The highest BCUT2D eigenvalue weighted by Crippen LogP contribution is 2.66. The van der Waals surface area contributed by atoms with Crippen LogP contribution in [0.2, 0.25) is 0 Å². The second-order valence-corrected chi connectivity index (χ2v) is 11.6. The fourth-order valence-corrected chi connectivity index (χ4v) is 6.82. The topological polar surface area (TPSA) is 93.1 Å². The Morgan fingerprint density at radius 2 is 2.03 bits per heavy atom. The van der Waals surface area contributed by atoms with Crippen LogP contribution in [0.3, 0.4) is 0 Å². The van der Waals surface area contributed by atoms with Crippen LogP contribution in [0.5, 0.6) is 11.5 Å². The molecule has 1 spiro atoms.